The SMILES string of the molecule is Cc1ccc([C@H]2[C@@H](S(=O)(=O)c3ccc(C)cc3)[C@@]2(CO)C(=O)O)cc1. The number of rotatable bonds is 5. The number of aliphatic hydroxyl groups is 1. The first-order chi connectivity index (χ1) is 11.7. The van der Waals surface area contributed by atoms with E-state index in [1.54, 1.807) is 24.3 Å². The molecule has 5 nitrogen and oxygen atoms in total. The third kappa shape index (κ3) is 2.65. The maximum atomic E-state index is 13.1. The van der Waals surface area contributed by atoms with Crippen LogP contribution in [0.4, 0.5) is 0 Å². The number of benzene rings is 2. The van der Waals surface area contributed by atoms with Gasteiger partial charge in [-0.25, -0.2) is 8.42 Å². The van der Waals surface area contributed by atoms with Gasteiger partial charge in [-0.3, -0.25) is 4.79 Å². The molecule has 0 saturated heterocycles. The lowest BCUT2D eigenvalue weighted by atomic mass is 9.99. The molecule has 0 amide bonds. The lowest BCUT2D eigenvalue weighted by Crippen LogP contribution is -2.27. The molecular formula is C19H20O5S. The molecule has 2 aromatic rings. The molecule has 3 rings (SSSR count). The molecule has 1 aliphatic carbocycles. The van der Waals surface area contributed by atoms with Crippen molar-refractivity contribution >= 4 is 15.8 Å². The second-order valence-corrected chi connectivity index (χ2v) is 8.74. The van der Waals surface area contributed by atoms with Crippen molar-refractivity contribution in [3.63, 3.8) is 0 Å². The second-order valence-electron chi connectivity index (χ2n) is 6.67. The van der Waals surface area contributed by atoms with E-state index in [-0.39, 0.29) is 4.90 Å². The second kappa shape index (κ2) is 5.97. The highest BCUT2D eigenvalue weighted by atomic mass is 32.2. The number of carboxylic acid groups (broad SMARTS) is 1. The highest BCUT2D eigenvalue weighted by Crippen LogP contribution is 2.64. The van der Waals surface area contributed by atoms with Crippen molar-refractivity contribution in [3.8, 4) is 0 Å². The average molecular weight is 360 g/mol. The van der Waals surface area contributed by atoms with Crippen LogP contribution in [0, 0.1) is 19.3 Å². The molecule has 1 aliphatic rings. The van der Waals surface area contributed by atoms with Crippen LogP contribution in [0.5, 0.6) is 0 Å². The van der Waals surface area contributed by atoms with Crippen LogP contribution in [-0.4, -0.2) is 36.5 Å². The fraction of sp³-hybridized carbons (Fsp3) is 0.316. The summed E-state index contributed by atoms with van der Waals surface area (Å²) in [6.07, 6.45) is 0. The molecule has 1 saturated carbocycles. The quantitative estimate of drug-likeness (QED) is 0.854. The molecule has 2 N–H and O–H groups in total. The summed E-state index contributed by atoms with van der Waals surface area (Å²) >= 11 is 0. The van der Waals surface area contributed by atoms with Crippen LogP contribution in [0.2, 0.25) is 0 Å². The summed E-state index contributed by atoms with van der Waals surface area (Å²) in [5.74, 6) is -2.07. The normalized spacial score (nSPS) is 25.6. The highest BCUT2D eigenvalue weighted by molar-refractivity contribution is 7.92. The summed E-state index contributed by atoms with van der Waals surface area (Å²) in [7, 11) is -3.90. The molecule has 6 heteroatoms. The maximum Gasteiger partial charge on any atom is 0.314 e. The van der Waals surface area contributed by atoms with Gasteiger partial charge in [0.05, 0.1) is 16.8 Å². The molecule has 132 valence electrons. The van der Waals surface area contributed by atoms with E-state index < -0.39 is 39.0 Å². The van der Waals surface area contributed by atoms with Gasteiger partial charge < -0.3 is 10.2 Å². The molecule has 0 bridgehead atoms. The van der Waals surface area contributed by atoms with Crippen molar-refractivity contribution in [1.29, 1.82) is 0 Å². The van der Waals surface area contributed by atoms with Crippen molar-refractivity contribution in [3.05, 3.63) is 65.2 Å². The van der Waals surface area contributed by atoms with Crippen LogP contribution < -0.4 is 0 Å². The van der Waals surface area contributed by atoms with Crippen LogP contribution in [0.15, 0.2) is 53.4 Å². The standard InChI is InChI=1S/C19H20O5S/c1-12-3-7-14(8-4-12)16-17(19(16,11-20)18(21)22)25(23,24)15-9-5-13(2)6-10-15/h3-10,16-17,20H,11H2,1-2H3,(H,21,22)/t16-,17+,19-/m0/s1. The Morgan fingerprint density at radius 2 is 1.48 bits per heavy atom. The Morgan fingerprint density at radius 1 is 1.00 bits per heavy atom. The molecule has 2 aromatic carbocycles. The Labute approximate surface area is 146 Å². The van der Waals surface area contributed by atoms with Gasteiger partial charge in [0.1, 0.15) is 5.41 Å². The van der Waals surface area contributed by atoms with E-state index in [9.17, 15) is 23.4 Å². The predicted octanol–water partition coefficient (Wildman–Crippen LogP) is 2.31. The molecule has 0 aliphatic heterocycles. The largest absolute Gasteiger partial charge is 0.481 e. The lowest BCUT2D eigenvalue weighted by molar-refractivity contribution is -0.145. The number of aryl methyl sites for hydroxylation is 2. The van der Waals surface area contributed by atoms with Crippen molar-refractivity contribution < 1.29 is 23.4 Å². The van der Waals surface area contributed by atoms with Gasteiger partial charge in [-0.1, -0.05) is 47.5 Å². The fourth-order valence-corrected chi connectivity index (χ4v) is 5.86. The number of hydrogen-bond donors (Lipinski definition) is 2. The van der Waals surface area contributed by atoms with Crippen molar-refractivity contribution in [2.24, 2.45) is 5.41 Å². The van der Waals surface area contributed by atoms with Crippen molar-refractivity contribution in [2.75, 3.05) is 6.61 Å². The van der Waals surface area contributed by atoms with Gasteiger partial charge in [-0.2, -0.15) is 0 Å². The summed E-state index contributed by atoms with van der Waals surface area (Å²) in [6.45, 7) is 3.02. The molecule has 25 heavy (non-hydrogen) atoms. The Morgan fingerprint density at radius 3 is 1.92 bits per heavy atom. The average Bonchev–Trinajstić information content (AvgIpc) is 3.27. The smallest absolute Gasteiger partial charge is 0.314 e. The lowest BCUT2D eigenvalue weighted by Gasteiger charge is -2.09. The first-order valence-corrected chi connectivity index (χ1v) is 9.51. The predicted molar refractivity (Wildman–Crippen MR) is 93.2 cm³/mol. The third-order valence-corrected chi connectivity index (χ3v) is 7.33. The monoisotopic (exact) mass is 360 g/mol. The molecule has 0 radical (unpaired) electrons. The van der Waals surface area contributed by atoms with Gasteiger partial charge >= 0.3 is 5.97 Å². The van der Waals surface area contributed by atoms with Crippen molar-refractivity contribution in [1.82, 2.24) is 0 Å². The van der Waals surface area contributed by atoms with E-state index in [2.05, 4.69) is 0 Å². The van der Waals surface area contributed by atoms with E-state index in [0.29, 0.717) is 5.56 Å². The number of carbonyl (C=O) groups is 1. The van der Waals surface area contributed by atoms with Gasteiger partial charge in [0, 0.05) is 5.92 Å². The zero-order chi connectivity index (χ0) is 18.4. The zero-order valence-corrected chi connectivity index (χ0v) is 14.8. The topological polar surface area (TPSA) is 91.7 Å². The summed E-state index contributed by atoms with van der Waals surface area (Å²) < 4.78 is 26.1. The van der Waals surface area contributed by atoms with Crippen LogP contribution in [0.1, 0.15) is 22.6 Å². The molecule has 1 fully saturated rings. The molecule has 0 heterocycles. The molecule has 0 unspecified atom stereocenters. The summed E-state index contributed by atoms with van der Waals surface area (Å²) in [5, 5.41) is 18.3. The third-order valence-electron chi connectivity index (χ3n) is 5.04. The number of carboxylic acids is 1. The fourth-order valence-electron chi connectivity index (χ4n) is 3.49. The first-order valence-electron chi connectivity index (χ1n) is 7.96. The Kier molecular flexibility index (Phi) is 4.21. The van der Waals surface area contributed by atoms with Gasteiger partial charge in [0.15, 0.2) is 9.84 Å². The molecule has 0 aromatic heterocycles. The first kappa shape index (κ1) is 17.6. The van der Waals surface area contributed by atoms with Crippen LogP contribution in [0.3, 0.4) is 0 Å². The van der Waals surface area contributed by atoms with Gasteiger partial charge in [0.2, 0.25) is 0 Å². The maximum absolute atomic E-state index is 13.1. The number of sulfone groups is 1. The van der Waals surface area contributed by atoms with E-state index in [1.165, 1.54) is 12.1 Å². The van der Waals surface area contributed by atoms with Crippen LogP contribution >= 0.6 is 0 Å². The zero-order valence-electron chi connectivity index (χ0n) is 14.0. The van der Waals surface area contributed by atoms with Gasteiger partial charge in [-0.15, -0.1) is 0 Å². The Bertz CT molecular complexity index is 900. The summed E-state index contributed by atoms with van der Waals surface area (Å²) in [4.78, 5) is 12.0. The Balaban J connectivity index is 2.10. The van der Waals surface area contributed by atoms with Crippen LogP contribution in [0.25, 0.3) is 0 Å². The minimum absolute atomic E-state index is 0.0804. The minimum Gasteiger partial charge on any atom is -0.481 e. The van der Waals surface area contributed by atoms with E-state index in [4.69, 9.17) is 0 Å². The van der Waals surface area contributed by atoms with Gasteiger partial charge in [0.25, 0.3) is 0 Å². The highest BCUT2D eigenvalue weighted by Gasteiger charge is 2.75. The van der Waals surface area contributed by atoms with E-state index in [0.717, 1.165) is 11.1 Å². The van der Waals surface area contributed by atoms with Gasteiger partial charge in [-0.05, 0) is 31.5 Å². The van der Waals surface area contributed by atoms with Crippen LogP contribution in [-0.2, 0) is 14.6 Å². The summed E-state index contributed by atoms with van der Waals surface area (Å²) in [5.41, 5.74) is 0.811. The van der Waals surface area contributed by atoms with E-state index >= 15 is 0 Å². The molecular weight excluding hydrogens is 340 g/mol. The molecule has 3 atom stereocenters. The van der Waals surface area contributed by atoms with Crippen molar-refractivity contribution in [2.45, 2.75) is 29.9 Å². The number of hydrogen-bond acceptors (Lipinski definition) is 4. The Hall–Kier alpha value is -2.18. The number of aliphatic carboxylic acids is 1. The number of aliphatic hydroxyl groups excluding tert-OH is 1. The molecule has 0 spiro atoms. The minimum atomic E-state index is -3.90. The summed E-state index contributed by atoms with van der Waals surface area (Å²) in [6, 6.07) is 13.4. The van der Waals surface area contributed by atoms with E-state index in [1.807, 2.05) is 26.0 Å².